The Morgan fingerprint density at radius 3 is 0.553 bits per heavy atom. The van der Waals surface area contributed by atoms with Crippen molar-refractivity contribution >= 4 is 0 Å². The predicted octanol–water partition coefficient (Wildman–Crippen LogP) is -0.109. The van der Waals surface area contributed by atoms with Crippen molar-refractivity contribution in [2.45, 2.75) is 6.29 Å². The Balaban J connectivity index is -0.000000164. The first-order valence-corrected chi connectivity index (χ1v) is 16.4. The van der Waals surface area contributed by atoms with Gasteiger partial charge in [0.15, 0.2) is 0 Å². The number of rotatable bonds is 17. The zero-order chi connectivity index (χ0) is 38.6. The van der Waals surface area contributed by atoms with E-state index in [1.54, 1.807) is 0 Å². The lowest BCUT2D eigenvalue weighted by Gasteiger charge is -2.35. The molecular weight excluding hydrogens is 592 g/mol. The average molecular weight is 683 g/mol. The van der Waals surface area contributed by atoms with Crippen LogP contribution in [0.3, 0.4) is 0 Å². The zero-order valence-electron chi connectivity index (χ0n) is 36.8. The van der Waals surface area contributed by atoms with Crippen LogP contribution in [0.5, 0.6) is 0 Å². The molecule has 0 spiro atoms. The van der Waals surface area contributed by atoms with E-state index < -0.39 is 0 Å². The van der Waals surface area contributed by atoms with E-state index in [2.05, 4.69) is 219 Å². The van der Waals surface area contributed by atoms with E-state index in [1.807, 2.05) is 26.0 Å². The molecule has 0 rings (SSSR count). The van der Waals surface area contributed by atoms with E-state index in [-0.39, 0.29) is 0 Å². The van der Waals surface area contributed by atoms with Gasteiger partial charge in [-0.05, 0) is 176 Å². The molecule has 0 saturated carbocycles. The van der Waals surface area contributed by atoms with Crippen molar-refractivity contribution in [1.82, 2.24) is 68.6 Å². The van der Waals surface area contributed by atoms with E-state index >= 15 is 0 Å². The molecule has 0 heterocycles. The Morgan fingerprint density at radius 2 is 0.447 bits per heavy atom. The summed E-state index contributed by atoms with van der Waals surface area (Å²) in [5, 5.41) is 0. The molecule has 0 N–H and O–H groups in total. The quantitative estimate of drug-likeness (QED) is 0.192. The van der Waals surface area contributed by atoms with Crippen LogP contribution in [0.25, 0.3) is 0 Å². The second-order valence-electron chi connectivity index (χ2n) is 15.5. The fraction of sp³-hybridized carbons (Fsp3) is 1.00. The average Bonchev–Trinajstić information content (AvgIpc) is 2.75. The van der Waals surface area contributed by atoms with Gasteiger partial charge in [0.1, 0.15) is 6.29 Å². The normalized spacial score (nSPS) is 12.0. The molecule has 0 bridgehead atoms. The van der Waals surface area contributed by atoms with Gasteiger partial charge in [-0.25, -0.2) is 0 Å². The molecule has 0 saturated heterocycles. The van der Waals surface area contributed by atoms with Crippen LogP contribution in [-0.2, 0) is 0 Å². The van der Waals surface area contributed by atoms with Crippen molar-refractivity contribution in [3.05, 3.63) is 0 Å². The van der Waals surface area contributed by atoms with Crippen LogP contribution in [0.4, 0.5) is 0 Å². The van der Waals surface area contributed by atoms with Gasteiger partial charge in [-0.1, -0.05) is 0 Å². The third-order valence-electron chi connectivity index (χ3n) is 4.93. The maximum absolute atomic E-state index is 2.38. The van der Waals surface area contributed by atoms with Crippen molar-refractivity contribution in [1.29, 1.82) is 0 Å². The van der Waals surface area contributed by atoms with Gasteiger partial charge in [-0.3, -0.25) is 63.7 Å². The van der Waals surface area contributed by atoms with Gasteiger partial charge in [-0.2, -0.15) is 0 Å². The molecule has 14 heteroatoms. The lowest BCUT2D eigenvalue weighted by atomic mass is 10.6. The van der Waals surface area contributed by atoms with E-state index in [9.17, 15) is 0 Å². The molecule has 0 atom stereocenters. The van der Waals surface area contributed by atoms with E-state index in [1.165, 1.54) is 0 Å². The van der Waals surface area contributed by atoms with Crippen LogP contribution in [-0.4, -0.2) is 298 Å². The molecule has 0 fully saturated rings. The van der Waals surface area contributed by atoms with Gasteiger partial charge in [-0.15, -0.1) is 0 Å². The minimum Gasteiger partial charge on any atom is -0.312 e. The Kier molecular flexibility index (Phi) is 40.3. The Morgan fingerprint density at radius 1 is 0.255 bits per heavy atom. The van der Waals surface area contributed by atoms with Gasteiger partial charge in [0.2, 0.25) is 0 Å². The second-order valence-corrected chi connectivity index (χ2v) is 15.5. The van der Waals surface area contributed by atoms with Gasteiger partial charge in [0.05, 0.1) is 40.0 Å². The summed E-state index contributed by atoms with van der Waals surface area (Å²) in [4.78, 5) is 30.6. The maximum atomic E-state index is 2.38. The Labute approximate surface area is 297 Å². The van der Waals surface area contributed by atoms with Crippen molar-refractivity contribution in [2.75, 3.05) is 223 Å². The van der Waals surface area contributed by atoms with Gasteiger partial charge >= 0.3 is 0 Å². The first kappa shape index (κ1) is 55.8. The monoisotopic (exact) mass is 683 g/mol. The molecule has 0 aromatic heterocycles. The molecule has 0 unspecified atom stereocenters. The van der Waals surface area contributed by atoms with Crippen LogP contribution < -0.4 is 0 Å². The zero-order valence-corrected chi connectivity index (χ0v) is 36.8. The molecule has 14 nitrogen and oxygen atoms in total. The van der Waals surface area contributed by atoms with E-state index in [0.717, 1.165) is 46.7 Å². The lowest BCUT2D eigenvalue weighted by molar-refractivity contribution is 0.00961. The standard InChI is InChI=1S/2C9H24N4.C7H19N3.C5H14N2.C3H9N/c1-10(2)7-12(5)9-13(6)8-11(3)4;1-10(2)7-13(8-11(3)4)9-12(5)6;1-8(2)7(9(3)4)10(5)6;1-6(2)5-7(3)4;1-4(2)3/h2*7-9H2,1-6H3;7H,1-6H3;5H2,1-4H3;1-3H3. The smallest absolute Gasteiger partial charge is 0.118 e. The minimum atomic E-state index is 0.389. The second kappa shape index (κ2) is 33.9. The molecule has 47 heavy (non-hydrogen) atoms. The molecular formula is C33H90N14. The van der Waals surface area contributed by atoms with Gasteiger partial charge in [0.25, 0.3) is 0 Å². The predicted molar refractivity (Wildman–Crippen MR) is 212 cm³/mol. The summed E-state index contributed by atoms with van der Waals surface area (Å²) in [6.07, 6.45) is 0.389. The molecule has 0 aromatic carbocycles. The van der Waals surface area contributed by atoms with Crippen molar-refractivity contribution in [3.63, 3.8) is 0 Å². The van der Waals surface area contributed by atoms with E-state index in [4.69, 9.17) is 0 Å². The van der Waals surface area contributed by atoms with Crippen LogP contribution in [0.1, 0.15) is 0 Å². The number of hydrogen-bond donors (Lipinski definition) is 0. The molecule has 0 aromatic rings. The summed E-state index contributed by atoms with van der Waals surface area (Å²) >= 11 is 0. The maximum Gasteiger partial charge on any atom is 0.118 e. The topological polar surface area (TPSA) is 45.4 Å². The fourth-order valence-corrected chi connectivity index (χ4v) is 4.75. The summed E-state index contributed by atoms with van der Waals surface area (Å²) < 4.78 is 0. The summed E-state index contributed by atoms with van der Waals surface area (Å²) in [7, 11) is 51.8. The summed E-state index contributed by atoms with van der Waals surface area (Å²) in [6.45, 7) is 7.01. The lowest BCUT2D eigenvalue weighted by Crippen LogP contribution is -2.50. The van der Waals surface area contributed by atoms with Crippen molar-refractivity contribution in [3.8, 4) is 0 Å². The molecule has 0 radical (unpaired) electrons. The van der Waals surface area contributed by atoms with Crippen LogP contribution in [0, 0.1) is 0 Å². The Bertz CT molecular complexity index is 547. The van der Waals surface area contributed by atoms with Crippen LogP contribution in [0.2, 0.25) is 0 Å². The molecule has 0 aliphatic carbocycles. The summed E-state index contributed by atoms with van der Waals surface area (Å²) in [6, 6.07) is 0. The minimum absolute atomic E-state index is 0.389. The van der Waals surface area contributed by atoms with Crippen molar-refractivity contribution < 1.29 is 0 Å². The van der Waals surface area contributed by atoms with E-state index in [0.29, 0.717) is 6.29 Å². The fourth-order valence-electron chi connectivity index (χ4n) is 4.75. The first-order chi connectivity index (χ1) is 21.1. The van der Waals surface area contributed by atoms with Crippen LogP contribution in [0.15, 0.2) is 0 Å². The Hall–Kier alpha value is -0.560. The molecule has 292 valence electrons. The van der Waals surface area contributed by atoms with Crippen LogP contribution >= 0.6 is 0 Å². The molecule has 0 aliphatic rings. The third-order valence-corrected chi connectivity index (χ3v) is 4.93. The number of hydrogen-bond acceptors (Lipinski definition) is 14. The summed E-state index contributed by atoms with van der Waals surface area (Å²) in [5.41, 5.74) is 0. The van der Waals surface area contributed by atoms with Gasteiger partial charge in [0, 0.05) is 6.67 Å². The number of nitrogens with zero attached hydrogens (tertiary/aromatic N) is 14. The highest BCUT2D eigenvalue weighted by molar-refractivity contribution is 4.58. The molecule has 0 aliphatic heterocycles. The van der Waals surface area contributed by atoms with Gasteiger partial charge < -0.3 is 4.90 Å². The third kappa shape index (κ3) is 55.1. The highest BCUT2D eigenvalue weighted by Crippen LogP contribution is 1.98. The highest BCUT2D eigenvalue weighted by atomic mass is 15.5. The summed E-state index contributed by atoms with van der Waals surface area (Å²) in [5.74, 6) is 0. The highest BCUT2D eigenvalue weighted by Gasteiger charge is 2.14. The van der Waals surface area contributed by atoms with Crippen molar-refractivity contribution in [2.24, 2.45) is 0 Å². The SMILES string of the molecule is CN(C)C.CN(C)C(N(C)C)N(C)C.CN(C)CN(C)C.CN(C)CN(C)CN(C)CN(C)C.CN(C)CN(CN(C)C)CN(C)C. The molecule has 0 amide bonds. The largest absolute Gasteiger partial charge is 0.312 e. The first-order valence-electron chi connectivity index (χ1n) is 16.4.